The molecule has 0 aliphatic carbocycles. The van der Waals surface area contributed by atoms with E-state index in [2.05, 4.69) is 15.6 Å². The Bertz CT molecular complexity index is 646. The fraction of sp³-hybridized carbons (Fsp3) is 0.250. The summed E-state index contributed by atoms with van der Waals surface area (Å²) in [5.41, 5.74) is 1.96. The first-order chi connectivity index (χ1) is 10.5. The second-order valence-electron chi connectivity index (χ2n) is 5.08. The number of benzene rings is 1. The van der Waals surface area contributed by atoms with Crippen LogP contribution in [0.25, 0.3) is 0 Å². The molecule has 0 bridgehead atoms. The first-order valence-corrected chi connectivity index (χ1v) is 7.31. The number of anilines is 1. The van der Waals surface area contributed by atoms with Crippen LogP contribution < -0.4 is 15.5 Å². The third kappa shape index (κ3) is 4.93. The number of rotatable bonds is 5. The van der Waals surface area contributed by atoms with E-state index in [-0.39, 0.29) is 6.03 Å². The van der Waals surface area contributed by atoms with E-state index in [9.17, 15) is 4.79 Å². The predicted molar refractivity (Wildman–Crippen MR) is 89.1 cm³/mol. The fourth-order valence-electron chi connectivity index (χ4n) is 1.89. The van der Waals surface area contributed by atoms with Crippen molar-refractivity contribution in [3.05, 3.63) is 58.7 Å². The highest BCUT2D eigenvalue weighted by Gasteiger charge is 2.03. The molecule has 5 nitrogen and oxygen atoms in total. The van der Waals surface area contributed by atoms with Crippen molar-refractivity contribution in [3.63, 3.8) is 0 Å². The number of nitrogens with one attached hydrogen (secondary N) is 2. The molecule has 2 N–H and O–H groups in total. The maximum Gasteiger partial charge on any atom is 0.315 e. The van der Waals surface area contributed by atoms with Crippen molar-refractivity contribution in [2.24, 2.45) is 0 Å². The van der Waals surface area contributed by atoms with Crippen LogP contribution in [0.3, 0.4) is 0 Å². The van der Waals surface area contributed by atoms with E-state index in [1.54, 1.807) is 12.3 Å². The minimum absolute atomic E-state index is 0.219. The smallest absolute Gasteiger partial charge is 0.315 e. The molecular weight excluding hydrogens is 300 g/mol. The lowest BCUT2D eigenvalue weighted by molar-refractivity contribution is 0.240. The number of hydrogen-bond acceptors (Lipinski definition) is 3. The molecule has 0 radical (unpaired) electrons. The first kappa shape index (κ1) is 16.1. The summed E-state index contributed by atoms with van der Waals surface area (Å²) in [5, 5.41) is 6.28. The maximum absolute atomic E-state index is 11.8. The van der Waals surface area contributed by atoms with Crippen molar-refractivity contribution in [2.45, 2.75) is 13.1 Å². The Kier molecular flexibility index (Phi) is 5.61. The summed E-state index contributed by atoms with van der Waals surface area (Å²) >= 11 is 5.90. The zero-order valence-corrected chi connectivity index (χ0v) is 13.4. The lowest BCUT2D eigenvalue weighted by Gasteiger charge is -2.13. The van der Waals surface area contributed by atoms with Gasteiger partial charge in [-0.2, -0.15) is 0 Å². The van der Waals surface area contributed by atoms with E-state index in [4.69, 9.17) is 11.6 Å². The van der Waals surface area contributed by atoms with Gasteiger partial charge in [-0.25, -0.2) is 9.78 Å². The fourth-order valence-corrected chi connectivity index (χ4v) is 2.10. The SMILES string of the molecule is CN(C)c1cc(CNC(=O)NCc2cccc(Cl)c2)ccn1. The van der Waals surface area contributed by atoms with Crippen LogP contribution in [-0.2, 0) is 13.1 Å². The van der Waals surface area contributed by atoms with Crippen LogP contribution in [0.1, 0.15) is 11.1 Å². The number of carbonyl (C=O) groups is 1. The van der Waals surface area contributed by atoms with Crippen LogP contribution in [0.15, 0.2) is 42.6 Å². The number of aromatic nitrogens is 1. The number of halogens is 1. The third-order valence-corrected chi connectivity index (χ3v) is 3.30. The molecule has 0 atom stereocenters. The van der Waals surface area contributed by atoms with Crippen molar-refractivity contribution in [3.8, 4) is 0 Å². The van der Waals surface area contributed by atoms with Gasteiger partial charge in [-0.1, -0.05) is 23.7 Å². The molecule has 0 aliphatic heterocycles. The van der Waals surface area contributed by atoms with E-state index >= 15 is 0 Å². The van der Waals surface area contributed by atoms with Crippen LogP contribution in [0.4, 0.5) is 10.6 Å². The second kappa shape index (κ2) is 7.66. The molecule has 1 heterocycles. The Morgan fingerprint density at radius 3 is 2.45 bits per heavy atom. The molecule has 1 aromatic carbocycles. The van der Waals surface area contributed by atoms with Gasteiger partial charge in [0.1, 0.15) is 5.82 Å². The molecule has 2 amide bonds. The van der Waals surface area contributed by atoms with E-state index in [0.717, 1.165) is 16.9 Å². The minimum Gasteiger partial charge on any atom is -0.363 e. The van der Waals surface area contributed by atoms with Crippen molar-refractivity contribution >= 4 is 23.4 Å². The molecule has 22 heavy (non-hydrogen) atoms. The van der Waals surface area contributed by atoms with Gasteiger partial charge in [0.25, 0.3) is 0 Å². The Morgan fingerprint density at radius 2 is 1.82 bits per heavy atom. The van der Waals surface area contributed by atoms with Gasteiger partial charge in [0, 0.05) is 38.4 Å². The van der Waals surface area contributed by atoms with Crippen LogP contribution in [-0.4, -0.2) is 25.1 Å². The molecule has 0 spiro atoms. The number of hydrogen-bond donors (Lipinski definition) is 2. The molecule has 1 aromatic heterocycles. The van der Waals surface area contributed by atoms with Gasteiger partial charge in [-0.3, -0.25) is 0 Å². The number of amides is 2. The second-order valence-corrected chi connectivity index (χ2v) is 5.52. The highest BCUT2D eigenvalue weighted by atomic mass is 35.5. The highest BCUT2D eigenvalue weighted by molar-refractivity contribution is 6.30. The number of urea groups is 1. The molecule has 2 aromatic rings. The van der Waals surface area contributed by atoms with Gasteiger partial charge in [0.2, 0.25) is 0 Å². The average Bonchev–Trinajstić information content (AvgIpc) is 2.51. The number of nitrogens with zero attached hydrogens (tertiary/aromatic N) is 2. The Labute approximate surface area is 135 Å². The topological polar surface area (TPSA) is 57.3 Å². The lowest BCUT2D eigenvalue weighted by atomic mass is 10.2. The summed E-state index contributed by atoms with van der Waals surface area (Å²) in [6.07, 6.45) is 1.73. The first-order valence-electron chi connectivity index (χ1n) is 6.93. The van der Waals surface area contributed by atoms with E-state index in [0.29, 0.717) is 18.1 Å². The van der Waals surface area contributed by atoms with Crippen LogP contribution in [0, 0.1) is 0 Å². The van der Waals surface area contributed by atoms with Gasteiger partial charge in [-0.15, -0.1) is 0 Å². The number of carbonyl (C=O) groups excluding carboxylic acids is 1. The summed E-state index contributed by atoms with van der Waals surface area (Å²) in [4.78, 5) is 18.0. The zero-order valence-electron chi connectivity index (χ0n) is 12.6. The maximum atomic E-state index is 11.8. The quantitative estimate of drug-likeness (QED) is 0.891. The van der Waals surface area contributed by atoms with E-state index < -0.39 is 0 Å². The van der Waals surface area contributed by atoms with Crippen molar-refractivity contribution in [1.82, 2.24) is 15.6 Å². The summed E-state index contributed by atoms with van der Waals surface area (Å²) in [7, 11) is 3.86. The summed E-state index contributed by atoms with van der Waals surface area (Å²) in [5.74, 6) is 0.860. The van der Waals surface area contributed by atoms with Gasteiger partial charge in [-0.05, 0) is 35.4 Å². The van der Waals surface area contributed by atoms with Crippen LogP contribution in [0.5, 0.6) is 0 Å². The highest BCUT2D eigenvalue weighted by Crippen LogP contribution is 2.10. The Morgan fingerprint density at radius 1 is 1.14 bits per heavy atom. The van der Waals surface area contributed by atoms with Crippen molar-refractivity contribution in [1.29, 1.82) is 0 Å². The minimum atomic E-state index is -0.219. The number of pyridine rings is 1. The third-order valence-electron chi connectivity index (χ3n) is 3.06. The normalized spacial score (nSPS) is 10.1. The Hall–Kier alpha value is -2.27. The molecule has 0 saturated heterocycles. The molecular formula is C16H19ClN4O. The lowest BCUT2D eigenvalue weighted by Crippen LogP contribution is -2.34. The van der Waals surface area contributed by atoms with Crippen LogP contribution in [0.2, 0.25) is 5.02 Å². The predicted octanol–water partition coefficient (Wildman–Crippen LogP) is 2.80. The summed E-state index contributed by atoms with van der Waals surface area (Å²) in [6.45, 7) is 0.885. The van der Waals surface area contributed by atoms with Crippen molar-refractivity contribution in [2.75, 3.05) is 19.0 Å². The molecule has 116 valence electrons. The summed E-state index contributed by atoms with van der Waals surface area (Å²) in [6, 6.07) is 11.0. The molecule has 0 fully saturated rings. The molecule has 0 unspecified atom stereocenters. The largest absolute Gasteiger partial charge is 0.363 e. The standard InChI is InChI=1S/C16H19ClN4O/c1-21(2)15-9-13(6-7-18-15)11-20-16(22)19-10-12-4-3-5-14(17)8-12/h3-9H,10-11H2,1-2H3,(H2,19,20,22). The summed E-state index contributed by atoms with van der Waals surface area (Å²) < 4.78 is 0. The zero-order chi connectivity index (χ0) is 15.9. The van der Waals surface area contributed by atoms with Gasteiger partial charge in [0.05, 0.1) is 0 Å². The van der Waals surface area contributed by atoms with Gasteiger partial charge < -0.3 is 15.5 Å². The van der Waals surface area contributed by atoms with Gasteiger partial charge in [0.15, 0.2) is 0 Å². The van der Waals surface area contributed by atoms with Gasteiger partial charge >= 0.3 is 6.03 Å². The Balaban J connectivity index is 1.81. The molecule has 6 heteroatoms. The average molecular weight is 319 g/mol. The molecule has 2 rings (SSSR count). The van der Waals surface area contributed by atoms with E-state index in [1.807, 2.05) is 49.3 Å². The molecule has 0 saturated carbocycles. The van der Waals surface area contributed by atoms with Crippen LogP contribution >= 0.6 is 11.6 Å². The molecule has 0 aliphatic rings. The van der Waals surface area contributed by atoms with E-state index in [1.165, 1.54) is 0 Å². The van der Waals surface area contributed by atoms with Crippen molar-refractivity contribution < 1.29 is 4.79 Å². The monoisotopic (exact) mass is 318 g/mol.